The molecule has 6 aromatic rings. The van der Waals surface area contributed by atoms with E-state index in [1.165, 1.54) is 86.5 Å². The Labute approximate surface area is 267 Å². The molecule has 4 aromatic carbocycles. The lowest BCUT2D eigenvalue weighted by molar-refractivity contribution is 1.06. The minimum absolute atomic E-state index is 0.282. The van der Waals surface area contributed by atoms with Crippen molar-refractivity contribution in [1.82, 2.24) is 4.98 Å². The fourth-order valence-electron chi connectivity index (χ4n) is 7.28. The summed E-state index contributed by atoms with van der Waals surface area (Å²) >= 11 is 0. The molecular formula is C40H44NP3. The van der Waals surface area contributed by atoms with Crippen LogP contribution in [0.1, 0.15) is 72.2 Å². The minimum atomic E-state index is -0.282. The molecule has 2 unspecified atom stereocenters. The average Bonchev–Trinajstić information content (AvgIpc) is 2.93. The maximum absolute atomic E-state index is 5.59. The van der Waals surface area contributed by atoms with Crippen molar-refractivity contribution in [3.05, 3.63) is 105 Å². The highest BCUT2D eigenvalue weighted by atomic mass is 31.1. The van der Waals surface area contributed by atoms with E-state index in [1.807, 2.05) is 0 Å². The van der Waals surface area contributed by atoms with Gasteiger partial charge in [0, 0.05) is 21.0 Å². The molecule has 0 amide bonds. The summed E-state index contributed by atoms with van der Waals surface area (Å²) in [5.41, 5.74) is 15.2. The van der Waals surface area contributed by atoms with E-state index < -0.39 is 0 Å². The number of aromatic nitrogens is 1. The van der Waals surface area contributed by atoms with Gasteiger partial charge in [-0.2, -0.15) is 0 Å². The molecule has 4 heteroatoms. The molecule has 224 valence electrons. The monoisotopic (exact) mass is 631 g/mol. The molecule has 0 saturated carbocycles. The Hall–Kier alpha value is -2.42. The number of benzene rings is 4. The van der Waals surface area contributed by atoms with Crippen LogP contribution in [0.4, 0.5) is 0 Å². The van der Waals surface area contributed by atoms with E-state index in [0.717, 1.165) is 12.3 Å². The Morgan fingerprint density at radius 1 is 0.477 bits per heavy atom. The molecule has 0 fully saturated rings. The first kappa shape index (κ1) is 30.2. The van der Waals surface area contributed by atoms with Gasteiger partial charge in [0.1, 0.15) is 0 Å². The fraction of sp³-hybridized carbons (Fsp3) is 0.350. The zero-order valence-corrected chi connectivity index (χ0v) is 30.2. The van der Waals surface area contributed by atoms with Gasteiger partial charge in [0.05, 0.1) is 11.0 Å². The lowest BCUT2D eigenvalue weighted by Crippen LogP contribution is -2.04. The molecule has 4 bridgehead atoms. The number of hydrogen-bond acceptors (Lipinski definition) is 1. The smallest absolute Gasteiger partial charge is 0.0745 e. The number of hydrogen-bond donors (Lipinski definition) is 0. The number of rotatable bonds is 2. The summed E-state index contributed by atoms with van der Waals surface area (Å²) in [7, 11) is 0.838. The summed E-state index contributed by atoms with van der Waals surface area (Å²) in [5.74, 6) is 0. The van der Waals surface area contributed by atoms with Crippen LogP contribution in [-0.2, 0) is 24.6 Å². The van der Waals surface area contributed by atoms with Gasteiger partial charge in [-0.1, -0.05) is 110 Å². The molecule has 0 saturated heterocycles. The third kappa shape index (κ3) is 5.71. The molecule has 0 aliphatic carbocycles. The molecule has 1 nitrogen and oxygen atoms in total. The summed E-state index contributed by atoms with van der Waals surface area (Å²) < 4.78 is 0. The molecule has 0 spiro atoms. The van der Waals surface area contributed by atoms with E-state index >= 15 is 0 Å². The molecular weight excluding hydrogens is 587 g/mol. The van der Waals surface area contributed by atoms with Crippen molar-refractivity contribution >= 4 is 66.9 Å². The molecule has 1 aliphatic rings. The second-order valence-electron chi connectivity index (χ2n) is 14.0. The molecule has 7 rings (SSSR count). The maximum atomic E-state index is 5.59. The lowest BCUT2D eigenvalue weighted by Gasteiger charge is -2.26. The number of nitrogens with zero attached hydrogens (tertiary/aromatic N) is 1. The van der Waals surface area contributed by atoms with Gasteiger partial charge in [0.2, 0.25) is 0 Å². The van der Waals surface area contributed by atoms with Gasteiger partial charge in [-0.3, -0.25) is 0 Å². The topological polar surface area (TPSA) is 12.9 Å². The Balaban J connectivity index is 1.54. The summed E-state index contributed by atoms with van der Waals surface area (Å²) in [6, 6.07) is 24.4. The first-order chi connectivity index (χ1) is 21.0. The molecule has 2 atom stereocenters. The molecule has 0 N–H and O–H groups in total. The Bertz CT molecular complexity index is 1810. The van der Waals surface area contributed by atoms with Gasteiger partial charge < -0.3 is 0 Å². The normalized spacial score (nSPS) is 17.8. The van der Waals surface area contributed by atoms with Crippen molar-refractivity contribution in [2.24, 2.45) is 0 Å². The minimum Gasteiger partial charge on any atom is -0.247 e. The summed E-state index contributed by atoms with van der Waals surface area (Å²) in [4.78, 5) is 5.59. The van der Waals surface area contributed by atoms with E-state index in [1.54, 1.807) is 21.4 Å². The summed E-state index contributed by atoms with van der Waals surface area (Å²) in [6.45, 7) is 18.9. The first-order valence-electron chi connectivity index (χ1n) is 16.2. The molecule has 3 heterocycles. The van der Waals surface area contributed by atoms with E-state index in [2.05, 4.69) is 116 Å². The first-order valence-corrected chi connectivity index (χ1v) is 20.6. The van der Waals surface area contributed by atoms with Crippen molar-refractivity contribution in [3.63, 3.8) is 0 Å². The van der Waals surface area contributed by atoms with Crippen molar-refractivity contribution in [3.8, 4) is 0 Å². The van der Waals surface area contributed by atoms with Gasteiger partial charge >= 0.3 is 0 Å². The van der Waals surface area contributed by atoms with E-state index in [9.17, 15) is 0 Å². The summed E-state index contributed by atoms with van der Waals surface area (Å²) in [6.07, 6.45) is 4.57. The van der Waals surface area contributed by atoms with Crippen molar-refractivity contribution < 1.29 is 0 Å². The van der Waals surface area contributed by atoms with Crippen LogP contribution in [-0.4, -0.2) is 16.3 Å². The molecule has 0 radical (unpaired) electrons. The van der Waals surface area contributed by atoms with Crippen LogP contribution in [0, 0.1) is 27.7 Å². The van der Waals surface area contributed by atoms with Crippen LogP contribution in [0.5, 0.6) is 0 Å². The van der Waals surface area contributed by atoms with Gasteiger partial charge in [0.15, 0.2) is 0 Å². The zero-order valence-electron chi connectivity index (χ0n) is 27.5. The number of aryl methyl sites for hydroxylation is 4. The van der Waals surface area contributed by atoms with Crippen LogP contribution < -0.4 is 0 Å². The predicted molar refractivity (Wildman–Crippen MR) is 201 cm³/mol. The van der Waals surface area contributed by atoms with Crippen LogP contribution >= 0.6 is 24.0 Å². The van der Waals surface area contributed by atoms with Crippen molar-refractivity contribution in [1.29, 1.82) is 0 Å². The van der Waals surface area contributed by atoms with Crippen LogP contribution in [0.25, 0.3) is 42.8 Å². The van der Waals surface area contributed by atoms with Gasteiger partial charge in [0.25, 0.3) is 0 Å². The largest absolute Gasteiger partial charge is 0.247 e. The van der Waals surface area contributed by atoms with Crippen LogP contribution in [0.2, 0.25) is 0 Å². The van der Waals surface area contributed by atoms with Gasteiger partial charge in [-0.05, 0) is 121 Å². The second-order valence-corrected chi connectivity index (χ2v) is 20.8. The predicted octanol–water partition coefficient (Wildman–Crippen LogP) is 13.0. The van der Waals surface area contributed by atoms with Gasteiger partial charge in [-0.15, -0.1) is 0 Å². The summed E-state index contributed by atoms with van der Waals surface area (Å²) in [5, 5.41) is 8.58. The Kier molecular flexibility index (Phi) is 8.07. The maximum Gasteiger partial charge on any atom is 0.0745 e. The zero-order chi connectivity index (χ0) is 30.9. The highest BCUT2D eigenvalue weighted by Crippen LogP contribution is 2.53. The fourth-order valence-corrected chi connectivity index (χ4v) is 13.3. The number of pyridine rings is 1. The lowest BCUT2D eigenvalue weighted by atomic mass is 10.0. The van der Waals surface area contributed by atoms with Crippen LogP contribution in [0.15, 0.2) is 60.7 Å². The third-order valence-electron chi connectivity index (χ3n) is 9.47. The van der Waals surface area contributed by atoms with E-state index in [-0.39, 0.29) is 15.8 Å². The highest BCUT2D eigenvalue weighted by molar-refractivity contribution is 7.57. The standard InChI is InChI=1S/C40H44NP3/c1-23(2)43-19-33-13-25(5)9-29-17-30-10-26(6)14-34(38(30)41-37(29)33)20-44(24(3)4)22-36-16-28(8)12-32-18-31-11-27(7)15-35(21-43)39(31)42-40(32)36/h9-18,23-24H,19-22H2,1-8H3. The van der Waals surface area contributed by atoms with Crippen molar-refractivity contribution in [2.75, 3.05) is 0 Å². The molecule has 1 aliphatic heterocycles. The SMILES string of the molecule is Cc1cc2c3nc4c(cc(C)cc4cc3c1)CP(C(C)C)Cc1cc(C)cc3cc4cc(C)cc(c4pc13)CP(C(C)C)C2. The van der Waals surface area contributed by atoms with E-state index in [4.69, 9.17) is 4.98 Å². The van der Waals surface area contributed by atoms with Crippen LogP contribution in [0.3, 0.4) is 0 Å². The highest BCUT2D eigenvalue weighted by Gasteiger charge is 2.22. The van der Waals surface area contributed by atoms with Crippen molar-refractivity contribution in [2.45, 2.75) is 91.4 Å². The molecule has 2 aromatic heterocycles. The quantitative estimate of drug-likeness (QED) is 0.137. The Morgan fingerprint density at radius 2 is 0.818 bits per heavy atom. The third-order valence-corrected chi connectivity index (χ3v) is 16.9. The molecule has 44 heavy (non-hydrogen) atoms. The second kappa shape index (κ2) is 11.7. The Morgan fingerprint density at radius 3 is 1.23 bits per heavy atom. The van der Waals surface area contributed by atoms with Gasteiger partial charge in [-0.25, -0.2) is 4.98 Å². The average molecular weight is 632 g/mol. The van der Waals surface area contributed by atoms with E-state index in [0.29, 0.717) is 11.3 Å².